The van der Waals surface area contributed by atoms with Crippen LogP contribution in [0.1, 0.15) is 11.7 Å². The monoisotopic (exact) mass is 372 g/mol. The molecule has 8 heteroatoms. The van der Waals surface area contributed by atoms with Crippen molar-refractivity contribution in [1.29, 1.82) is 0 Å². The Morgan fingerprint density at radius 3 is 2.63 bits per heavy atom. The van der Waals surface area contributed by atoms with Crippen molar-refractivity contribution in [3.8, 4) is 17.2 Å². The summed E-state index contributed by atoms with van der Waals surface area (Å²) < 4.78 is 21.2. The smallest absolute Gasteiger partial charge is 0.313 e. The number of benzene rings is 2. The molecular weight excluding hydrogens is 352 g/mol. The lowest BCUT2D eigenvalue weighted by Gasteiger charge is -2.18. The molecule has 3 rings (SSSR count). The second-order valence-electron chi connectivity index (χ2n) is 5.70. The second-order valence-corrected chi connectivity index (χ2v) is 5.70. The topological polar surface area (TPSA) is 95.1 Å². The van der Waals surface area contributed by atoms with Gasteiger partial charge in [-0.1, -0.05) is 18.2 Å². The molecule has 2 aromatic carbocycles. The highest BCUT2D eigenvalue weighted by atomic mass is 16.7. The third-order valence-electron chi connectivity index (χ3n) is 4.06. The van der Waals surface area contributed by atoms with Gasteiger partial charge >= 0.3 is 11.8 Å². The minimum Gasteiger partial charge on any atom is -0.496 e. The molecule has 1 aliphatic heterocycles. The molecule has 0 radical (unpaired) electrons. The molecule has 1 aliphatic rings. The number of hydrogen-bond acceptors (Lipinski definition) is 6. The van der Waals surface area contributed by atoms with E-state index in [0.29, 0.717) is 22.9 Å². The molecule has 27 heavy (non-hydrogen) atoms. The van der Waals surface area contributed by atoms with E-state index in [4.69, 9.17) is 18.9 Å². The summed E-state index contributed by atoms with van der Waals surface area (Å²) in [5, 5.41) is 5.09. The van der Waals surface area contributed by atoms with Gasteiger partial charge in [-0.05, 0) is 18.2 Å². The molecule has 0 unspecified atom stereocenters. The number of methoxy groups -OCH3 is 2. The Morgan fingerprint density at radius 1 is 1.07 bits per heavy atom. The molecule has 0 aromatic heterocycles. The van der Waals surface area contributed by atoms with Gasteiger partial charge in [-0.25, -0.2) is 0 Å². The van der Waals surface area contributed by atoms with Gasteiger partial charge in [-0.2, -0.15) is 0 Å². The van der Waals surface area contributed by atoms with Gasteiger partial charge in [0.2, 0.25) is 6.79 Å². The van der Waals surface area contributed by atoms with E-state index in [0.717, 1.165) is 5.56 Å². The van der Waals surface area contributed by atoms with Crippen LogP contribution in [0.2, 0.25) is 0 Å². The van der Waals surface area contributed by atoms with Gasteiger partial charge in [0.15, 0.2) is 11.5 Å². The van der Waals surface area contributed by atoms with E-state index in [1.54, 1.807) is 31.4 Å². The van der Waals surface area contributed by atoms with Crippen LogP contribution in [0.15, 0.2) is 42.5 Å². The van der Waals surface area contributed by atoms with E-state index < -0.39 is 17.9 Å². The second kappa shape index (κ2) is 8.41. The highest BCUT2D eigenvalue weighted by molar-refractivity contribution is 6.39. The van der Waals surface area contributed by atoms with Crippen LogP contribution < -0.4 is 24.8 Å². The van der Waals surface area contributed by atoms with Crippen molar-refractivity contribution in [3.05, 3.63) is 48.0 Å². The van der Waals surface area contributed by atoms with Crippen molar-refractivity contribution < 1.29 is 28.5 Å². The van der Waals surface area contributed by atoms with E-state index in [-0.39, 0.29) is 13.3 Å². The highest BCUT2D eigenvalue weighted by Gasteiger charge is 2.20. The Hall–Kier alpha value is -3.26. The Labute approximate surface area is 156 Å². The van der Waals surface area contributed by atoms with Gasteiger partial charge in [0.25, 0.3) is 0 Å². The highest BCUT2D eigenvalue weighted by Crippen LogP contribution is 2.34. The number of rotatable bonds is 6. The summed E-state index contributed by atoms with van der Waals surface area (Å²) in [6.45, 7) is 0.249. The number of ether oxygens (including phenoxy) is 4. The van der Waals surface area contributed by atoms with Crippen LogP contribution in [0.25, 0.3) is 0 Å². The summed E-state index contributed by atoms with van der Waals surface area (Å²) in [7, 11) is 3.08. The average molecular weight is 372 g/mol. The number of nitrogens with one attached hydrogen (secondary N) is 2. The summed E-state index contributed by atoms with van der Waals surface area (Å²) >= 11 is 0. The maximum atomic E-state index is 12.1. The predicted molar refractivity (Wildman–Crippen MR) is 96.9 cm³/mol. The largest absolute Gasteiger partial charge is 0.496 e. The summed E-state index contributed by atoms with van der Waals surface area (Å²) in [6.07, 6.45) is -0.455. The van der Waals surface area contributed by atoms with E-state index in [1.165, 1.54) is 7.11 Å². The quantitative estimate of drug-likeness (QED) is 0.752. The van der Waals surface area contributed by atoms with Crippen molar-refractivity contribution in [2.75, 3.05) is 32.9 Å². The molecule has 142 valence electrons. The number of carbonyl (C=O) groups excluding carboxylic acids is 2. The van der Waals surface area contributed by atoms with Gasteiger partial charge in [-0.15, -0.1) is 0 Å². The normalized spacial score (nSPS) is 13.0. The Balaban J connectivity index is 1.58. The van der Waals surface area contributed by atoms with Crippen molar-refractivity contribution in [3.63, 3.8) is 0 Å². The molecule has 2 N–H and O–H groups in total. The van der Waals surface area contributed by atoms with E-state index in [9.17, 15) is 9.59 Å². The number of amides is 2. The zero-order valence-electron chi connectivity index (χ0n) is 15.0. The van der Waals surface area contributed by atoms with Gasteiger partial charge in [0, 0.05) is 31.0 Å². The molecule has 2 aromatic rings. The summed E-state index contributed by atoms with van der Waals surface area (Å²) in [5.74, 6) is 0.192. The van der Waals surface area contributed by atoms with E-state index in [2.05, 4.69) is 10.6 Å². The Morgan fingerprint density at radius 2 is 1.85 bits per heavy atom. The SMILES string of the molecule is COc1ccccc1[C@H](CNC(=O)C(=O)Nc1ccc2c(c1)OCO2)OC. The van der Waals surface area contributed by atoms with Crippen LogP contribution >= 0.6 is 0 Å². The fourth-order valence-electron chi connectivity index (χ4n) is 2.68. The molecule has 0 bridgehead atoms. The zero-order valence-corrected chi connectivity index (χ0v) is 15.0. The average Bonchev–Trinajstić information content (AvgIpc) is 3.16. The Kier molecular flexibility index (Phi) is 5.77. The van der Waals surface area contributed by atoms with Crippen molar-refractivity contribution >= 4 is 17.5 Å². The van der Waals surface area contributed by atoms with Gasteiger partial charge < -0.3 is 29.6 Å². The fourth-order valence-corrected chi connectivity index (χ4v) is 2.68. The molecular formula is C19H20N2O6. The van der Waals surface area contributed by atoms with Crippen LogP contribution in [-0.2, 0) is 14.3 Å². The van der Waals surface area contributed by atoms with E-state index >= 15 is 0 Å². The molecule has 0 fully saturated rings. The van der Waals surface area contributed by atoms with Gasteiger partial charge in [-0.3, -0.25) is 9.59 Å². The van der Waals surface area contributed by atoms with Crippen molar-refractivity contribution in [2.45, 2.75) is 6.10 Å². The minimum atomic E-state index is -0.788. The summed E-state index contributed by atoms with van der Waals surface area (Å²) in [6, 6.07) is 12.2. The number of para-hydroxylation sites is 1. The molecule has 0 spiro atoms. The summed E-state index contributed by atoms with van der Waals surface area (Å²) in [5.41, 5.74) is 1.21. The molecule has 8 nitrogen and oxygen atoms in total. The van der Waals surface area contributed by atoms with Gasteiger partial charge in [0.05, 0.1) is 7.11 Å². The lowest BCUT2D eigenvalue weighted by atomic mass is 10.1. The Bertz CT molecular complexity index is 839. The van der Waals surface area contributed by atoms with Crippen molar-refractivity contribution in [1.82, 2.24) is 5.32 Å². The van der Waals surface area contributed by atoms with Crippen LogP contribution in [0.4, 0.5) is 5.69 Å². The van der Waals surface area contributed by atoms with Gasteiger partial charge in [0.1, 0.15) is 11.9 Å². The predicted octanol–water partition coefficient (Wildman–Crippen LogP) is 1.87. The number of fused-ring (bicyclic) bond motifs is 1. The minimum absolute atomic E-state index is 0.115. The first-order valence-electron chi connectivity index (χ1n) is 8.27. The first-order valence-corrected chi connectivity index (χ1v) is 8.27. The molecule has 0 saturated heterocycles. The van der Waals surface area contributed by atoms with Crippen LogP contribution in [0.3, 0.4) is 0 Å². The third-order valence-corrected chi connectivity index (χ3v) is 4.06. The molecule has 1 heterocycles. The van der Waals surface area contributed by atoms with Crippen molar-refractivity contribution in [2.24, 2.45) is 0 Å². The molecule has 0 aliphatic carbocycles. The molecule has 2 amide bonds. The zero-order chi connectivity index (χ0) is 19.2. The summed E-state index contributed by atoms with van der Waals surface area (Å²) in [4.78, 5) is 24.2. The third kappa shape index (κ3) is 4.29. The van der Waals surface area contributed by atoms with E-state index in [1.807, 2.05) is 18.2 Å². The molecule has 0 saturated carbocycles. The number of carbonyl (C=O) groups is 2. The molecule has 1 atom stereocenters. The lowest BCUT2D eigenvalue weighted by Crippen LogP contribution is -2.38. The standard InChI is InChI=1S/C19H20N2O6/c1-24-14-6-4-3-5-13(14)17(25-2)10-20-18(22)19(23)21-12-7-8-15-16(9-12)27-11-26-15/h3-9,17H,10-11H2,1-2H3,(H,20,22)(H,21,23)/t17-/m0/s1. The maximum absolute atomic E-state index is 12.1. The lowest BCUT2D eigenvalue weighted by molar-refractivity contribution is -0.136. The number of anilines is 1. The first kappa shape index (κ1) is 18.5. The first-order chi connectivity index (χ1) is 13.1. The van der Waals surface area contributed by atoms with Crippen LogP contribution in [0, 0.1) is 0 Å². The maximum Gasteiger partial charge on any atom is 0.313 e. The van der Waals surface area contributed by atoms with Crippen LogP contribution in [-0.4, -0.2) is 39.4 Å². The number of hydrogen-bond donors (Lipinski definition) is 2. The fraction of sp³-hybridized carbons (Fsp3) is 0.263. The van der Waals surface area contributed by atoms with Crippen LogP contribution in [0.5, 0.6) is 17.2 Å².